The molecule has 22 heavy (non-hydrogen) atoms. The highest BCUT2D eigenvalue weighted by atomic mass is 79.9. The van der Waals surface area contributed by atoms with Crippen molar-refractivity contribution < 1.29 is 4.74 Å². The number of ether oxygens (including phenoxy) is 1. The minimum absolute atomic E-state index is 0.880. The average molecular weight is 375 g/mol. The standard InChI is InChI=1S/C17H19BrN2OSi/c1-21-13-10-14-16(18)17(12-8-6-5-7-9-12)19-20(14)15(11-13)22(2,3)4/h5-11H,1-4H3. The van der Waals surface area contributed by atoms with E-state index in [1.54, 1.807) is 7.11 Å². The van der Waals surface area contributed by atoms with Crippen molar-refractivity contribution in [3.05, 3.63) is 46.9 Å². The zero-order valence-electron chi connectivity index (χ0n) is 13.2. The molecule has 0 spiro atoms. The van der Waals surface area contributed by atoms with Gasteiger partial charge in [0.15, 0.2) is 0 Å². The number of nitrogens with zero attached hydrogens (tertiary/aromatic N) is 2. The van der Waals surface area contributed by atoms with Crippen molar-refractivity contribution in [2.24, 2.45) is 0 Å². The van der Waals surface area contributed by atoms with E-state index in [1.807, 2.05) is 24.3 Å². The molecule has 0 unspecified atom stereocenters. The molecular weight excluding hydrogens is 356 g/mol. The second kappa shape index (κ2) is 5.55. The molecule has 2 heterocycles. The lowest BCUT2D eigenvalue weighted by Gasteiger charge is -2.19. The third kappa shape index (κ3) is 2.59. The van der Waals surface area contributed by atoms with Gasteiger partial charge in [0.25, 0.3) is 0 Å². The molecule has 114 valence electrons. The second-order valence-corrected chi connectivity index (χ2v) is 12.2. The second-order valence-electron chi connectivity index (χ2n) is 6.36. The molecule has 0 aliphatic rings. The van der Waals surface area contributed by atoms with Crippen molar-refractivity contribution >= 4 is 34.8 Å². The van der Waals surface area contributed by atoms with Crippen molar-refractivity contribution in [1.29, 1.82) is 0 Å². The van der Waals surface area contributed by atoms with Gasteiger partial charge in [-0.15, -0.1) is 0 Å². The Bertz CT molecular complexity index is 822. The molecule has 3 aromatic rings. The van der Waals surface area contributed by atoms with Gasteiger partial charge in [-0.2, -0.15) is 5.10 Å². The van der Waals surface area contributed by atoms with Gasteiger partial charge in [0.1, 0.15) is 19.5 Å². The Hall–Kier alpha value is -1.59. The number of fused-ring (bicyclic) bond motifs is 1. The van der Waals surface area contributed by atoms with Crippen LogP contribution >= 0.6 is 15.9 Å². The van der Waals surface area contributed by atoms with Crippen molar-refractivity contribution in [2.45, 2.75) is 19.6 Å². The van der Waals surface area contributed by atoms with Gasteiger partial charge in [-0.3, -0.25) is 0 Å². The molecular formula is C17H19BrN2OSi. The summed E-state index contributed by atoms with van der Waals surface area (Å²) in [6.07, 6.45) is 0. The number of benzene rings is 1. The number of rotatable bonds is 3. The van der Waals surface area contributed by atoms with E-state index in [4.69, 9.17) is 9.84 Å². The van der Waals surface area contributed by atoms with Gasteiger partial charge in [0.2, 0.25) is 0 Å². The number of pyridine rings is 1. The first-order valence-electron chi connectivity index (χ1n) is 7.24. The first-order chi connectivity index (χ1) is 10.4. The van der Waals surface area contributed by atoms with E-state index < -0.39 is 8.07 Å². The lowest BCUT2D eigenvalue weighted by Crippen LogP contribution is -2.42. The van der Waals surface area contributed by atoms with Crippen molar-refractivity contribution in [1.82, 2.24) is 9.61 Å². The van der Waals surface area contributed by atoms with Crippen LogP contribution in [0.3, 0.4) is 0 Å². The SMILES string of the molecule is COc1cc([Si](C)(C)C)n2nc(-c3ccccc3)c(Br)c2c1. The van der Waals surface area contributed by atoms with Crippen molar-refractivity contribution in [3.8, 4) is 17.0 Å². The molecule has 0 atom stereocenters. The summed E-state index contributed by atoms with van der Waals surface area (Å²) >= 11 is 3.73. The molecule has 0 radical (unpaired) electrons. The third-order valence-corrected chi connectivity index (χ3v) is 6.37. The molecule has 0 fully saturated rings. The molecule has 1 aromatic carbocycles. The average Bonchev–Trinajstić information content (AvgIpc) is 2.83. The van der Waals surface area contributed by atoms with Crippen LogP contribution in [0, 0.1) is 0 Å². The maximum absolute atomic E-state index is 5.49. The Morgan fingerprint density at radius 1 is 1.09 bits per heavy atom. The fourth-order valence-corrected chi connectivity index (χ4v) is 4.50. The summed E-state index contributed by atoms with van der Waals surface area (Å²) in [6.45, 7) is 6.96. The van der Waals surface area contributed by atoms with Crippen molar-refractivity contribution in [2.75, 3.05) is 7.11 Å². The summed E-state index contributed by atoms with van der Waals surface area (Å²) in [4.78, 5) is 0. The normalized spacial score (nSPS) is 11.9. The minimum Gasteiger partial charge on any atom is -0.497 e. The van der Waals surface area contributed by atoms with Crippen molar-refractivity contribution in [3.63, 3.8) is 0 Å². The molecule has 0 aliphatic carbocycles. The summed E-state index contributed by atoms with van der Waals surface area (Å²) in [5.74, 6) is 0.880. The molecule has 3 nitrogen and oxygen atoms in total. The monoisotopic (exact) mass is 374 g/mol. The molecule has 3 rings (SSSR count). The molecule has 0 N–H and O–H groups in total. The molecule has 5 heteroatoms. The Morgan fingerprint density at radius 2 is 1.77 bits per heavy atom. The van der Waals surface area contributed by atoms with Gasteiger partial charge in [-0.05, 0) is 22.0 Å². The zero-order valence-corrected chi connectivity index (χ0v) is 15.8. The van der Waals surface area contributed by atoms with E-state index in [1.165, 1.54) is 5.32 Å². The maximum Gasteiger partial charge on any atom is 0.122 e. The van der Waals surface area contributed by atoms with Crippen LogP contribution in [0.2, 0.25) is 19.6 Å². The van der Waals surface area contributed by atoms with Gasteiger partial charge >= 0.3 is 0 Å². The lowest BCUT2D eigenvalue weighted by atomic mass is 10.1. The summed E-state index contributed by atoms with van der Waals surface area (Å²) < 4.78 is 8.57. The summed E-state index contributed by atoms with van der Waals surface area (Å²) in [5, 5.41) is 6.13. The van der Waals surface area contributed by atoms with E-state index >= 15 is 0 Å². The van der Waals surface area contributed by atoms with Gasteiger partial charge in [-0.1, -0.05) is 50.0 Å². The number of aromatic nitrogens is 2. The number of hydrogen-bond acceptors (Lipinski definition) is 2. The van der Waals surface area contributed by atoms with Gasteiger partial charge in [0.05, 0.1) is 17.1 Å². The van der Waals surface area contributed by atoms with Crippen LogP contribution in [0.15, 0.2) is 46.9 Å². The molecule has 0 aliphatic heterocycles. The molecule has 0 saturated carbocycles. The van der Waals surface area contributed by atoms with Crippen LogP contribution in [0.1, 0.15) is 0 Å². The van der Waals surface area contributed by atoms with E-state index in [0.717, 1.165) is 27.0 Å². The highest BCUT2D eigenvalue weighted by Gasteiger charge is 2.24. The Morgan fingerprint density at radius 3 is 2.36 bits per heavy atom. The highest BCUT2D eigenvalue weighted by Crippen LogP contribution is 2.32. The van der Waals surface area contributed by atoms with Crippen LogP contribution in [0.4, 0.5) is 0 Å². The highest BCUT2D eigenvalue weighted by molar-refractivity contribution is 9.10. The fraction of sp³-hybridized carbons (Fsp3) is 0.235. The van der Waals surface area contributed by atoms with Gasteiger partial charge in [0, 0.05) is 16.9 Å². The molecule has 0 saturated heterocycles. The zero-order chi connectivity index (χ0) is 15.9. The van der Waals surface area contributed by atoms with Gasteiger partial charge < -0.3 is 4.74 Å². The molecule has 2 aromatic heterocycles. The Kier molecular flexibility index (Phi) is 3.86. The van der Waals surface area contributed by atoms with E-state index in [9.17, 15) is 0 Å². The van der Waals surface area contributed by atoms with E-state index in [2.05, 4.69) is 58.3 Å². The largest absolute Gasteiger partial charge is 0.497 e. The number of halogens is 1. The topological polar surface area (TPSA) is 26.5 Å². The number of methoxy groups -OCH3 is 1. The third-order valence-electron chi connectivity index (χ3n) is 3.70. The fourth-order valence-electron chi connectivity index (χ4n) is 2.53. The summed E-state index contributed by atoms with van der Waals surface area (Å²) in [5.41, 5.74) is 3.13. The summed E-state index contributed by atoms with van der Waals surface area (Å²) in [7, 11) is 0.154. The smallest absolute Gasteiger partial charge is 0.122 e. The predicted octanol–water partition coefficient (Wildman–Crippen LogP) is 4.32. The van der Waals surface area contributed by atoms with E-state index in [0.29, 0.717) is 0 Å². The first kappa shape index (κ1) is 15.3. The predicted molar refractivity (Wildman–Crippen MR) is 97.9 cm³/mol. The lowest BCUT2D eigenvalue weighted by molar-refractivity contribution is 0.415. The van der Waals surface area contributed by atoms with Crippen LogP contribution in [0.25, 0.3) is 16.8 Å². The Balaban J connectivity index is 2.34. The Labute approximate surface area is 140 Å². The van der Waals surface area contributed by atoms with E-state index in [-0.39, 0.29) is 0 Å². The van der Waals surface area contributed by atoms with Crippen LogP contribution in [-0.4, -0.2) is 24.8 Å². The van der Waals surface area contributed by atoms with Gasteiger partial charge in [-0.25, -0.2) is 4.52 Å². The quantitative estimate of drug-likeness (QED) is 0.638. The molecule has 0 amide bonds. The maximum atomic E-state index is 5.49. The van der Waals surface area contributed by atoms with Crippen LogP contribution in [0.5, 0.6) is 5.75 Å². The van der Waals surface area contributed by atoms with Crippen LogP contribution < -0.4 is 10.1 Å². The number of hydrogen-bond donors (Lipinski definition) is 0. The molecule has 0 bridgehead atoms. The summed E-state index contributed by atoms with van der Waals surface area (Å²) in [6, 6.07) is 14.4. The van der Waals surface area contributed by atoms with Crippen LogP contribution in [-0.2, 0) is 0 Å². The first-order valence-corrected chi connectivity index (χ1v) is 11.5. The minimum atomic E-state index is -1.56.